The summed E-state index contributed by atoms with van der Waals surface area (Å²) in [5, 5.41) is 6.92. The molecule has 0 aromatic heterocycles. The number of hydrogen-bond acceptors (Lipinski definition) is 2. The first-order valence-electron chi connectivity index (χ1n) is 6.07. The molecule has 0 bridgehead atoms. The zero-order valence-electron chi connectivity index (χ0n) is 11.6. The minimum atomic E-state index is 0.0964. The van der Waals surface area contributed by atoms with Gasteiger partial charge in [-0.25, -0.2) is 0 Å². The first kappa shape index (κ1) is 16.4. The summed E-state index contributed by atoms with van der Waals surface area (Å²) in [4.78, 5) is 0. The van der Waals surface area contributed by atoms with E-state index >= 15 is 0 Å². The molecule has 0 fully saturated rings. The van der Waals surface area contributed by atoms with Gasteiger partial charge >= 0.3 is 0 Å². The van der Waals surface area contributed by atoms with Gasteiger partial charge in [-0.05, 0) is 48.4 Å². The van der Waals surface area contributed by atoms with Gasteiger partial charge in [-0.3, -0.25) is 0 Å². The number of halogens is 1. The van der Waals surface area contributed by atoms with Crippen LogP contribution in [-0.4, -0.2) is 25.7 Å². The Balaban J connectivity index is 4.99. The number of nitrogens with one attached hydrogen (secondary N) is 2. The van der Waals surface area contributed by atoms with E-state index in [1.807, 2.05) is 7.05 Å². The molecule has 16 heavy (non-hydrogen) atoms. The van der Waals surface area contributed by atoms with Crippen LogP contribution in [0.5, 0.6) is 0 Å². The zero-order valence-corrected chi connectivity index (χ0v) is 13.7. The number of likely N-dealkylation sites (N-methyl/N-ethyl adjacent to an activating group) is 1. The molecule has 0 aromatic rings. The van der Waals surface area contributed by atoms with Crippen molar-refractivity contribution in [2.24, 2.45) is 5.41 Å². The Hall–Kier alpha value is 0.390. The van der Waals surface area contributed by atoms with E-state index in [4.69, 9.17) is 0 Å². The second-order valence-electron chi connectivity index (χ2n) is 5.18. The minimum absolute atomic E-state index is 0.0964. The van der Waals surface area contributed by atoms with Crippen LogP contribution in [0.3, 0.4) is 0 Å². The summed E-state index contributed by atoms with van der Waals surface area (Å²) in [5.74, 6) is 0. The maximum atomic E-state index is 3.74. The van der Waals surface area contributed by atoms with Crippen molar-refractivity contribution in [2.45, 2.75) is 46.6 Å². The highest BCUT2D eigenvalue weighted by molar-refractivity contribution is 14.1. The van der Waals surface area contributed by atoms with E-state index in [1.54, 1.807) is 0 Å². The Kier molecular flexibility index (Phi) is 7.14. The van der Waals surface area contributed by atoms with Crippen LogP contribution in [0.1, 0.15) is 41.0 Å². The number of rotatable bonds is 6. The summed E-state index contributed by atoms with van der Waals surface area (Å²) in [6.45, 7) is 13.3. The average Bonchev–Trinajstić information content (AvgIpc) is 2.22. The van der Waals surface area contributed by atoms with Crippen molar-refractivity contribution in [3.8, 4) is 0 Å². The van der Waals surface area contributed by atoms with Gasteiger partial charge in [0.1, 0.15) is 0 Å². The fraction of sp³-hybridized carbons (Fsp3) is 0.846. The molecule has 0 aliphatic rings. The van der Waals surface area contributed by atoms with Crippen molar-refractivity contribution in [3.05, 3.63) is 9.66 Å². The van der Waals surface area contributed by atoms with Crippen molar-refractivity contribution >= 4 is 22.6 Å². The smallest absolute Gasteiger partial charge is 0.0536 e. The van der Waals surface area contributed by atoms with E-state index in [-0.39, 0.29) is 11.0 Å². The average molecular weight is 338 g/mol. The summed E-state index contributed by atoms with van der Waals surface area (Å²) in [6.07, 6.45) is 3.34. The first-order chi connectivity index (χ1) is 7.35. The van der Waals surface area contributed by atoms with Crippen LogP contribution in [0.2, 0.25) is 0 Å². The van der Waals surface area contributed by atoms with Crippen LogP contribution in [-0.2, 0) is 0 Å². The Labute approximate surface area is 115 Å². The van der Waals surface area contributed by atoms with Gasteiger partial charge in [0.2, 0.25) is 0 Å². The fourth-order valence-electron chi connectivity index (χ4n) is 2.18. The molecule has 0 saturated carbocycles. The molecule has 0 rings (SSSR count). The number of allylic oxidation sites excluding steroid dienone is 1. The monoisotopic (exact) mass is 338 g/mol. The third kappa shape index (κ3) is 3.70. The van der Waals surface area contributed by atoms with E-state index in [9.17, 15) is 0 Å². The summed E-state index contributed by atoms with van der Waals surface area (Å²) in [7, 11) is 1.99. The predicted molar refractivity (Wildman–Crippen MR) is 82.2 cm³/mol. The molecule has 0 aromatic carbocycles. The molecular formula is C13H27IN2. The lowest BCUT2D eigenvalue weighted by Crippen LogP contribution is -2.56. The molecule has 0 saturated heterocycles. The second-order valence-corrected chi connectivity index (χ2v) is 6.34. The normalized spacial score (nSPS) is 17.3. The van der Waals surface area contributed by atoms with Crippen molar-refractivity contribution < 1.29 is 0 Å². The maximum Gasteiger partial charge on any atom is 0.0536 e. The van der Waals surface area contributed by atoms with Gasteiger partial charge in [-0.1, -0.05) is 33.8 Å². The van der Waals surface area contributed by atoms with Gasteiger partial charge in [0.05, 0.1) is 5.54 Å². The highest BCUT2D eigenvalue weighted by atomic mass is 127. The molecule has 96 valence electrons. The van der Waals surface area contributed by atoms with Gasteiger partial charge in [0.15, 0.2) is 0 Å². The molecule has 1 unspecified atom stereocenters. The van der Waals surface area contributed by atoms with Crippen molar-refractivity contribution in [2.75, 3.05) is 20.1 Å². The molecule has 3 heteroatoms. The molecule has 0 heterocycles. The van der Waals surface area contributed by atoms with Crippen molar-refractivity contribution in [1.29, 1.82) is 0 Å². The summed E-state index contributed by atoms with van der Waals surface area (Å²) in [6, 6.07) is 0. The van der Waals surface area contributed by atoms with Crippen LogP contribution in [0.15, 0.2) is 9.66 Å². The Morgan fingerprint density at radius 2 is 1.81 bits per heavy atom. The molecule has 0 aliphatic heterocycles. The van der Waals surface area contributed by atoms with E-state index in [0.29, 0.717) is 0 Å². The van der Waals surface area contributed by atoms with Crippen LogP contribution in [0, 0.1) is 5.41 Å². The highest BCUT2D eigenvalue weighted by Crippen LogP contribution is 2.41. The maximum absolute atomic E-state index is 3.74. The lowest BCUT2D eigenvalue weighted by atomic mass is 9.71. The predicted octanol–water partition coefficient (Wildman–Crippen LogP) is 3.33. The molecule has 2 N–H and O–H groups in total. The zero-order chi connectivity index (χ0) is 12.8. The topological polar surface area (TPSA) is 24.1 Å². The second kappa shape index (κ2) is 6.97. The van der Waals surface area contributed by atoms with Crippen LogP contribution < -0.4 is 10.6 Å². The van der Waals surface area contributed by atoms with Crippen LogP contribution in [0.4, 0.5) is 0 Å². The van der Waals surface area contributed by atoms with Crippen molar-refractivity contribution in [1.82, 2.24) is 10.6 Å². The Bertz CT molecular complexity index is 231. The summed E-state index contributed by atoms with van der Waals surface area (Å²) >= 11 is 2.48. The fourth-order valence-corrected chi connectivity index (χ4v) is 3.56. The molecule has 0 spiro atoms. The molecule has 1 atom stereocenters. The standard InChI is InChI=1S/C13H27IN2/c1-7-11(14)13(8-2,12(3,4)5)16-10-9-15-6/h7,15-16H,8-10H2,1-6H3/b11-7+. The van der Waals surface area contributed by atoms with Crippen LogP contribution in [0.25, 0.3) is 0 Å². The van der Waals surface area contributed by atoms with Crippen LogP contribution >= 0.6 is 22.6 Å². The largest absolute Gasteiger partial charge is 0.318 e. The quantitative estimate of drug-likeness (QED) is 0.573. The van der Waals surface area contributed by atoms with Gasteiger partial charge < -0.3 is 10.6 Å². The lowest BCUT2D eigenvalue weighted by Gasteiger charge is -2.45. The molecule has 0 radical (unpaired) electrons. The highest BCUT2D eigenvalue weighted by Gasteiger charge is 2.41. The minimum Gasteiger partial charge on any atom is -0.318 e. The SMILES string of the molecule is C/C=C(/I)C(CC)(NCCNC)C(C)(C)C. The van der Waals surface area contributed by atoms with E-state index in [2.05, 4.69) is 73.9 Å². The van der Waals surface area contributed by atoms with Crippen molar-refractivity contribution in [3.63, 3.8) is 0 Å². The first-order valence-corrected chi connectivity index (χ1v) is 7.15. The third-order valence-electron chi connectivity index (χ3n) is 3.27. The lowest BCUT2D eigenvalue weighted by molar-refractivity contribution is 0.180. The van der Waals surface area contributed by atoms with Gasteiger partial charge in [0, 0.05) is 16.7 Å². The molecule has 0 amide bonds. The van der Waals surface area contributed by atoms with Gasteiger partial charge in [-0.15, -0.1) is 0 Å². The molecule has 2 nitrogen and oxygen atoms in total. The third-order valence-corrected chi connectivity index (χ3v) is 4.82. The van der Waals surface area contributed by atoms with E-state index in [0.717, 1.165) is 19.5 Å². The van der Waals surface area contributed by atoms with Gasteiger partial charge in [-0.2, -0.15) is 0 Å². The Morgan fingerprint density at radius 1 is 1.25 bits per heavy atom. The van der Waals surface area contributed by atoms with E-state index < -0.39 is 0 Å². The molecular weight excluding hydrogens is 311 g/mol. The summed E-state index contributed by atoms with van der Waals surface area (Å²) in [5.41, 5.74) is 0.317. The summed E-state index contributed by atoms with van der Waals surface area (Å²) < 4.78 is 1.41. The Morgan fingerprint density at radius 3 is 2.12 bits per heavy atom. The van der Waals surface area contributed by atoms with Gasteiger partial charge in [0.25, 0.3) is 0 Å². The number of hydrogen-bond donors (Lipinski definition) is 2. The van der Waals surface area contributed by atoms with E-state index in [1.165, 1.54) is 3.58 Å². The molecule has 0 aliphatic carbocycles.